The normalized spacial score (nSPS) is 17.1. The maximum atomic E-state index is 12.3. The molecule has 0 aliphatic carbocycles. The van der Waals surface area contributed by atoms with Crippen LogP contribution in [-0.4, -0.2) is 34.6 Å². The molecule has 20 heavy (non-hydrogen) atoms. The van der Waals surface area contributed by atoms with Crippen molar-refractivity contribution in [1.29, 1.82) is 0 Å². The van der Waals surface area contributed by atoms with Crippen LogP contribution in [0.4, 0.5) is 0 Å². The van der Waals surface area contributed by atoms with Crippen LogP contribution in [0.1, 0.15) is 23.7 Å². The van der Waals surface area contributed by atoms with Crippen molar-refractivity contribution in [3.63, 3.8) is 0 Å². The van der Waals surface area contributed by atoms with E-state index in [1.807, 2.05) is 43.3 Å². The van der Waals surface area contributed by atoms with Gasteiger partial charge < -0.3 is 10.0 Å². The van der Waals surface area contributed by atoms with Gasteiger partial charge in [-0.3, -0.25) is 4.79 Å². The van der Waals surface area contributed by atoms with Crippen LogP contribution in [-0.2, 0) is 0 Å². The average Bonchev–Trinajstić information content (AvgIpc) is 2.42. The van der Waals surface area contributed by atoms with Gasteiger partial charge in [-0.1, -0.05) is 35.0 Å². The number of aliphatic hydroxyl groups is 1. The first kappa shape index (κ1) is 13.6. The van der Waals surface area contributed by atoms with Gasteiger partial charge in [-0.15, -0.1) is 0 Å². The van der Waals surface area contributed by atoms with Gasteiger partial charge in [-0.2, -0.15) is 0 Å². The van der Waals surface area contributed by atoms with E-state index in [0.717, 1.165) is 15.2 Å². The van der Waals surface area contributed by atoms with Crippen molar-refractivity contribution < 1.29 is 9.90 Å². The van der Waals surface area contributed by atoms with E-state index in [0.29, 0.717) is 25.1 Å². The molecule has 4 heteroatoms. The Morgan fingerprint density at radius 2 is 1.90 bits per heavy atom. The van der Waals surface area contributed by atoms with Crippen LogP contribution >= 0.6 is 15.9 Å². The first-order valence-corrected chi connectivity index (χ1v) is 7.51. The minimum absolute atomic E-state index is 0.00653. The molecule has 1 fully saturated rings. The van der Waals surface area contributed by atoms with Crippen molar-refractivity contribution in [3.05, 3.63) is 46.4 Å². The summed E-state index contributed by atoms with van der Waals surface area (Å²) >= 11 is 3.44. The third kappa shape index (κ3) is 2.34. The number of benzene rings is 2. The second-order valence-electron chi connectivity index (χ2n) is 5.45. The zero-order chi connectivity index (χ0) is 14.3. The molecule has 1 amide bonds. The average molecular weight is 334 g/mol. The van der Waals surface area contributed by atoms with Gasteiger partial charge in [0.05, 0.1) is 18.7 Å². The first-order chi connectivity index (χ1) is 9.50. The highest BCUT2D eigenvalue weighted by atomic mass is 79.9. The van der Waals surface area contributed by atoms with Gasteiger partial charge in [0.15, 0.2) is 0 Å². The van der Waals surface area contributed by atoms with Crippen LogP contribution in [0, 0.1) is 0 Å². The number of halogens is 1. The third-order valence-electron chi connectivity index (χ3n) is 3.96. The minimum atomic E-state index is -0.683. The topological polar surface area (TPSA) is 40.5 Å². The zero-order valence-electron chi connectivity index (χ0n) is 11.3. The molecule has 0 unspecified atom stereocenters. The molecule has 0 bridgehead atoms. The van der Waals surface area contributed by atoms with Gasteiger partial charge in [0.2, 0.25) is 0 Å². The fourth-order valence-electron chi connectivity index (χ4n) is 2.56. The second kappa shape index (κ2) is 4.86. The predicted octanol–water partition coefficient (Wildman–Crippen LogP) is 3.20. The van der Waals surface area contributed by atoms with Crippen molar-refractivity contribution in [2.24, 2.45) is 0 Å². The summed E-state index contributed by atoms with van der Waals surface area (Å²) in [6.07, 6.45) is 0.683. The maximum absolute atomic E-state index is 12.3. The molecular weight excluding hydrogens is 318 g/mol. The molecule has 0 spiro atoms. The number of carbonyl (C=O) groups is 1. The highest BCUT2D eigenvalue weighted by Crippen LogP contribution is 2.27. The second-order valence-corrected chi connectivity index (χ2v) is 6.36. The quantitative estimate of drug-likeness (QED) is 0.916. The van der Waals surface area contributed by atoms with Crippen molar-refractivity contribution in [2.45, 2.75) is 18.9 Å². The fourth-order valence-corrected chi connectivity index (χ4v) is 2.94. The molecule has 1 aliphatic heterocycles. The molecule has 3 rings (SSSR count). The van der Waals surface area contributed by atoms with Gasteiger partial charge in [-0.05, 0) is 41.5 Å². The Morgan fingerprint density at radius 1 is 1.25 bits per heavy atom. The Labute approximate surface area is 126 Å². The number of fused-ring (bicyclic) bond motifs is 1. The minimum Gasteiger partial charge on any atom is -0.386 e. The molecule has 104 valence electrons. The predicted molar refractivity (Wildman–Crippen MR) is 82.8 cm³/mol. The summed E-state index contributed by atoms with van der Waals surface area (Å²) in [6.45, 7) is 2.80. The van der Waals surface area contributed by atoms with Crippen LogP contribution in [0.25, 0.3) is 10.8 Å². The van der Waals surface area contributed by atoms with Crippen LogP contribution < -0.4 is 0 Å². The Bertz CT molecular complexity index is 677. The Hall–Kier alpha value is -1.39. The summed E-state index contributed by atoms with van der Waals surface area (Å²) in [4.78, 5) is 14.0. The standard InChI is InChI=1S/C16H16BrNO2/c1-2-16(20)9-18(10-16)15(19)13-4-3-12-8-14(17)6-5-11(12)7-13/h3-8,20H,2,9-10H2,1H3. The lowest BCUT2D eigenvalue weighted by atomic mass is 9.90. The fraction of sp³-hybridized carbons (Fsp3) is 0.312. The molecule has 0 radical (unpaired) electrons. The Morgan fingerprint density at radius 3 is 2.60 bits per heavy atom. The largest absolute Gasteiger partial charge is 0.386 e. The van der Waals surface area contributed by atoms with E-state index in [2.05, 4.69) is 15.9 Å². The van der Waals surface area contributed by atoms with E-state index in [9.17, 15) is 9.90 Å². The molecule has 1 heterocycles. The number of amides is 1. The van der Waals surface area contributed by atoms with Crippen LogP contribution in [0.3, 0.4) is 0 Å². The highest BCUT2D eigenvalue weighted by Gasteiger charge is 2.42. The number of nitrogens with zero attached hydrogens (tertiary/aromatic N) is 1. The van der Waals surface area contributed by atoms with E-state index < -0.39 is 5.60 Å². The van der Waals surface area contributed by atoms with E-state index >= 15 is 0 Å². The van der Waals surface area contributed by atoms with Crippen molar-refractivity contribution in [2.75, 3.05) is 13.1 Å². The van der Waals surface area contributed by atoms with Crippen LogP contribution in [0.15, 0.2) is 40.9 Å². The Balaban J connectivity index is 1.84. The summed E-state index contributed by atoms with van der Waals surface area (Å²) < 4.78 is 1.03. The summed E-state index contributed by atoms with van der Waals surface area (Å²) in [5.74, 6) is -0.00653. The molecule has 2 aromatic carbocycles. The van der Waals surface area contributed by atoms with Crippen LogP contribution in [0.2, 0.25) is 0 Å². The molecule has 3 nitrogen and oxygen atoms in total. The zero-order valence-corrected chi connectivity index (χ0v) is 12.9. The molecule has 1 aliphatic rings. The molecule has 0 saturated carbocycles. The third-order valence-corrected chi connectivity index (χ3v) is 4.46. The summed E-state index contributed by atoms with van der Waals surface area (Å²) in [5, 5.41) is 12.1. The van der Waals surface area contributed by atoms with E-state index in [-0.39, 0.29) is 5.91 Å². The lowest BCUT2D eigenvalue weighted by molar-refractivity contribution is -0.0826. The van der Waals surface area contributed by atoms with Gasteiger partial charge >= 0.3 is 0 Å². The summed E-state index contributed by atoms with van der Waals surface area (Å²) in [5.41, 5.74) is -0.00448. The smallest absolute Gasteiger partial charge is 0.254 e. The van der Waals surface area contributed by atoms with E-state index in [1.54, 1.807) is 4.90 Å². The van der Waals surface area contributed by atoms with Crippen molar-refractivity contribution in [3.8, 4) is 0 Å². The summed E-state index contributed by atoms with van der Waals surface area (Å²) in [6, 6.07) is 11.7. The van der Waals surface area contributed by atoms with E-state index in [4.69, 9.17) is 0 Å². The number of rotatable bonds is 2. The Kier molecular flexibility index (Phi) is 3.30. The molecule has 1 N–H and O–H groups in total. The number of carbonyl (C=O) groups excluding carboxylic acids is 1. The first-order valence-electron chi connectivity index (χ1n) is 6.72. The number of β-amino-alcohol motifs (C(OH)–C–C–N with tert-alkyl or cyclic N) is 1. The summed E-state index contributed by atoms with van der Waals surface area (Å²) in [7, 11) is 0. The lowest BCUT2D eigenvalue weighted by Gasteiger charge is -2.46. The van der Waals surface area contributed by atoms with E-state index in [1.165, 1.54) is 0 Å². The van der Waals surface area contributed by atoms with Gasteiger partial charge in [0.25, 0.3) is 5.91 Å². The molecule has 2 aromatic rings. The lowest BCUT2D eigenvalue weighted by Crippen LogP contribution is -2.63. The van der Waals surface area contributed by atoms with Gasteiger partial charge in [0.1, 0.15) is 0 Å². The maximum Gasteiger partial charge on any atom is 0.254 e. The molecule has 0 atom stereocenters. The van der Waals surface area contributed by atoms with Gasteiger partial charge in [0, 0.05) is 10.0 Å². The SMILES string of the molecule is CCC1(O)CN(C(=O)c2ccc3cc(Br)ccc3c2)C1. The highest BCUT2D eigenvalue weighted by molar-refractivity contribution is 9.10. The monoisotopic (exact) mass is 333 g/mol. The number of hydrogen-bond acceptors (Lipinski definition) is 2. The van der Waals surface area contributed by atoms with Crippen LogP contribution in [0.5, 0.6) is 0 Å². The molecular formula is C16H16BrNO2. The van der Waals surface area contributed by atoms with Crippen molar-refractivity contribution in [1.82, 2.24) is 4.90 Å². The molecule has 0 aromatic heterocycles. The molecule has 1 saturated heterocycles. The van der Waals surface area contributed by atoms with Crippen molar-refractivity contribution >= 4 is 32.6 Å². The van der Waals surface area contributed by atoms with Gasteiger partial charge in [-0.25, -0.2) is 0 Å². The number of likely N-dealkylation sites (tertiary alicyclic amines) is 1. The number of hydrogen-bond donors (Lipinski definition) is 1.